The van der Waals surface area contributed by atoms with Gasteiger partial charge in [0.05, 0.1) is 5.57 Å². The predicted octanol–water partition coefficient (Wildman–Crippen LogP) is 1.98. The van der Waals surface area contributed by atoms with Crippen molar-refractivity contribution in [2.75, 3.05) is 19.7 Å². The van der Waals surface area contributed by atoms with Gasteiger partial charge in [-0.3, -0.25) is 4.79 Å². The number of ether oxygens (including phenoxy) is 1. The molecule has 0 radical (unpaired) electrons. The highest BCUT2D eigenvalue weighted by Gasteiger charge is 2.21. The van der Waals surface area contributed by atoms with Crippen molar-refractivity contribution in [2.24, 2.45) is 0 Å². The average molecular weight is 293 g/mol. The number of rotatable bonds is 2. The molecule has 1 fully saturated rings. The smallest absolute Gasteiger partial charge is 0.250 e. The number of piperidine rings is 1. The van der Waals surface area contributed by atoms with Gasteiger partial charge >= 0.3 is 0 Å². The quantitative estimate of drug-likeness (QED) is 0.876. The summed E-state index contributed by atoms with van der Waals surface area (Å²) in [4.78, 5) is 12.2. The number of fused-ring (bicyclic) bond motifs is 1. The summed E-state index contributed by atoms with van der Waals surface area (Å²) in [6.07, 6.45) is 3.98. The van der Waals surface area contributed by atoms with Gasteiger partial charge in [-0.05, 0) is 43.7 Å². The second-order valence-electron chi connectivity index (χ2n) is 5.16. The van der Waals surface area contributed by atoms with Crippen molar-refractivity contribution >= 4 is 23.6 Å². The number of amides is 1. The minimum absolute atomic E-state index is 0.0516. The van der Waals surface area contributed by atoms with Crippen molar-refractivity contribution in [3.8, 4) is 5.75 Å². The summed E-state index contributed by atoms with van der Waals surface area (Å²) in [7, 11) is 0. The lowest BCUT2D eigenvalue weighted by molar-refractivity contribution is -0.118. The van der Waals surface area contributed by atoms with E-state index in [1.54, 1.807) is 6.07 Å². The van der Waals surface area contributed by atoms with Crippen molar-refractivity contribution in [3.05, 3.63) is 34.4 Å². The Bertz CT molecular complexity index is 551. The molecule has 1 atom stereocenters. The third-order valence-corrected chi connectivity index (χ3v) is 3.84. The first kappa shape index (κ1) is 13.5. The summed E-state index contributed by atoms with van der Waals surface area (Å²) in [5.41, 5.74) is 1.50. The molecule has 0 aromatic heterocycles. The number of carbonyl (C=O) groups excluding carboxylic acids is 1. The number of nitrogens with one attached hydrogen (secondary N) is 2. The first-order chi connectivity index (χ1) is 9.72. The minimum atomic E-state index is -0.0516. The van der Waals surface area contributed by atoms with Crippen molar-refractivity contribution in [1.29, 1.82) is 0 Å². The zero-order valence-electron chi connectivity index (χ0n) is 11.1. The molecule has 2 N–H and O–H groups in total. The van der Waals surface area contributed by atoms with E-state index in [4.69, 9.17) is 16.3 Å². The fraction of sp³-hybridized carbons (Fsp3) is 0.400. The third kappa shape index (κ3) is 2.97. The van der Waals surface area contributed by atoms with Crippen LogP contribution >= 0.6 is 11.6 Å². The minimum Gasteiger partial charge on any atom is -0.488 e. The molecule has 106 valence electrons. The lowest BCUT2D eigenvalue weighted by Gasteiger charge is -2.25. The van der Waals surface area contributed by atoms with Crippen LogP contribution in [0, 0.1) is 0 Å². The summed E-state index contributed by atoms with van der Waals surface area (Å²) in [5.74, 6) is 0.717. The van der Waals surface area contributed by atoms with Crippen LogP contribution in [0.3, 0.4) is 0 Å². The normalized spacial score (nSPS) is 21.4. The zero-order chi connectivity index (χ0) is 13.9. The molecule has 2 aliphatic rings. The largest absolute Gasteiger partial charge is 0.488 e. The molecule has 5 heteroatoms. The van der Waals surface area contributed by atoms with Crippen LogP contribution in [0.1, 0.15) is 18.4 Å². The van der Waals surface area contributed by atoms with Gasteiger partial charge in [0.15, 0.2) is 0 Å². The molecule has 1 saturated heterocycles. The second kappa shape index (κ2) is 5.85. The van der Waals surface area contributed by atoms with E-state index in [1.807, 2.05) is 18.2 Å². The molecule has 1 unspecified atom stereocenters. The summed E-state index contributed by atoms with van der Waals surface area (Å²) < 4.78 is 5.60. The highest BCUT2D eigenvalue weighted by molar-refractivity contribution is 6.30. The molecular weight excluding hydrogens is 276 g/mol. The Morgan fingerprint density at radius 2 is 2.35 bits per heavy atom. The summed E-state index contributed by atoms with van der Waals surface area (Å²) in [6, 6.07) is 5.63. The van der Waals surface area contributed by atoms with Crippen LogP contribution in [0.25, 0.3) is 6.08 Å². The Morgan fingerprint density at radius 3 is 3.15 bits per heavy atom. The van der Waals surface area contributed by atoms with Crippen LogP contribution in [-0.4, -0.2) is 31.6 Å². The number of carbonyl (C=O) groups is 1. The van der Waals surface area contributed by atoms with Gasteiger partial charge in [-0.15, -0.1) is 0 Å². The summed E-state index contributed by atoms with van der Waals surface area (Å²) in [5, 5.41) is 6.98. The molecule has 1 aromatic carbocycles. The van der Waals surface area contributed by atoms with Crippen molar-refractivity contribution in [1.82, 2.24) is 10.6 Å². The molecule has 2 aliphatic heterocycles. The van der Waals surface area contributed by atoms with Gasteiger partial charge in [0.25, 0.3) is 5.91 Å². The van der Waals surface area contributed by atoms with E-state index in [2.05, 4.69) is 10.6 Å². The molecule has 0 spiro atoms. The van der Waals surface area contributed by atoms with Crippen LogP contribution in [-0.2, 0) is 4.79 Å². The number of benzene rings is 1. The first-order valence-corrected chi connectivity index (χ1v) is 7.25. The highest BCUT2D eigenvalue weighted by Crippen LogP contribution is 2.29. The van der Waals surface area contributed by atoms with Gasteiger partial charge in [0, 0.05) is 23.2 Å². The molecular formula is C15H17ClN2O2. The SMILES string of the molecule is O=C(NC1CCCNC1)C1=Cc2cc(Cl)ccc2OC1. The lowest BCUT2D eigenvalue weighted by Crippen LogP contribution is -2.46. The van der Waals surface area contributed by atoms with Gasteiger partial charge in [-0.1, -0.05) is 11.6 Å². The van der Waals surface area contributed by atoms with Crippen LogP contribution in [0.4, 0.5) is 0 Å². The van der Waals surface area contributed by atoms with Gasteiger partial charge in [0.2, 0.25) is 0 Å². The molecule has 0 aliphatic carbocycles. The van der Waals surface area contributed by atoms with Crippen LogP contribution in [0.5, 0.6) is 5.75 Å². The van der Waals surface area contributed by atoms with E-state index < -0.39 is 0 Å². The van der Waals surface area contributed by atoms with E-state index in [0.29, 0.717) is 17.2 Å². The van der Waals surface area contributed by atoms with Crippen molar-refractivity contribution < 1.29 is 9.53 Å². The fourth-order valence-corrected chi connectivity index (χ4v) is 2.71. The van der Waals surface area contributed by atoms with Crippen molar-refractivity contribution in [2.45, 2.75) is 18.9 Å². The van der Waals surface area contributed by atoms with E-state index in [0.717, 1.165) is 37.2 Å². The first-order valence-electron chi connectivity index (χ1n) is 6.87. The van der Waals surface area contributed by atoms with E-state index in [-0.39, 0.29) is 11.9 Å². The molecule has 20 heavy (non-hydrogen) atoms. The van der Waals surface area contributed by atoms with Crippen molar-refractivity contribution in [3.63, 3.8) is 0 Å². The Hall–Kier alpha value is -1.52. The topological polar surface area (TPSA) is 50.4 Å². The van der Waals surface area contributed by atoms with Gasteiger partial charge in [0.1, 0.15) is 12.4 Å². The van der Waals surface area contributed by atoms with Gasteiger partial charge in [-0.2, -0.15) is 0 Å². The Morgan fingerprint density at radius 1 is 1.45 bits per heavy atom. The maximum absolute atomic E-state index is 12.2. The van der Waals surface area contributed by atoms with Crippen LogP contribution in [0.2, 0.25) is 5.02 Å². The number of halogens is 1. The number of hydrogen-bond donors (Lipinski definition) is 2. The van der Waals surface area contributed by atoms with Gasteiger partial charge < -0.3 is 15.4 Å². The molecule has 3 rings (SSSR count). The highest BCUT2D eigenvalue weighted by atomic mass is 35.5. The Labute approximate surface area is 123 Å². The third-order valence-electron chi connectivity index (χ3n) is 3.61. The fourth-order valence-electron chi connectivity index (χ4n) is 2.53. The molecule has 0 bridgehead atoms. The van der Waals surface area contributed by atoms with E-state index >= 15 is 0 Å². The Balaban J connectivity index is 1.72. The van der Waals surface area contributed by atoms with E-state index in [9.17, 15) is 4.79 Å². The van der Waals surface area contributed by atoms with Crippen LogP contribution in [0.15, 0.2) is 23.8 Å². The maximum Gasteiger partial charge on any atom is 0.250 e. The molecule has 4 nitrogen and oxygen atoms in total. The van der Waals surface area contributed by atoms with Gasteiger partial charge in [-0.25, -0.2) is 0 Å². The standard InChI is InChI=1S/C15H17ClN2O2/c16-12-3-4-14-10(7-12)6-11(9-20-14)15(19)18-13-2-1-5-17-8-13/h3-4,6-7,13,17H,1-2,5,8-9H2,(H,18,19). The number of hydrogen-bond acceptors (Lipinski definition) is 3. The molecule has 0 saturated carbocycles. The summed E-state index contributed by atoms with van der Waals surface area (Å²) >= 11 is 5.97. The predicted molar refractivity (Wildman–Crippen MR) is 79.0 cm³/mol. The zero-order valence-corrected chi connectivity index (χ0v) is 11.9. The Kier molecular flexibility index (Phi) is 3.94. The molecule has 1 amide bonds. The lowest BCUT2D eigenvalue weighted by atomic mass is 10.0. The van der Waals surface area contributed by atoms with Crippen LogP contribution < -0.4 is 15.4 Å². The monoisotopic (exact) mass is 292 g/mol. The second-order valence-corrected chi connectivity index (χ2v) is 5.59. The summed E-state index contributed by atoms with van der Waals surface area (Å²) in [6.45, 7) is 2.17. The maximum atomic E-state index is 12.2. The average Bonchev–Trinajstić information content (AvgIpc) is 2.47. The molecule has 2 heterocycles. The van der Waals surface area contributed by atoms with E-state index in [1.165, 1.54) is 0 Å². The molecule has 1 aromatic rings.